The number of amides is 1. The van der Waals surface area contributed by atoms with Gasteiger partial charge >= 0.3 is 0 Å². The normalized spacial score (nSPS) is 16.2. The van der Waals surface area contributed by atoms with Crippen molar-refractivity contribution in [2.24, 2.45) is 0 Å². The molecule has 0 bridgehead atoms. The van der Waals surface area contributed by atoms with Crippen molar-refractivity contribution in [1.82, 2.24) is 4.90 Å². The number of carbonyl (C=O) groups is 1. The van der Waals surface area contributed by atoms with Gasteiger partial charge < -0.3 is 15.2 Å². The van der Waals surface area contributed by atoms with Crippen LogP contribution in [0.3, 0.4) is 0 Å². The lowest BCUT2D eigenvalue weighted by molar-refractivity contribution is -0.116. The first kappa shape index (κ1) is 19.2. The maximum atomic E-state index is 12.3. The zero-order valence-electron chi connectivity index (χ0n) is 16.5. The molecular formula is C22H28N2O3. The first-order valence-electron chi connectivity index (χ1n) is 9.49. The maximum Gasteiger partial charge on any atom is 0.225 e. The van der Waals surface area contributed by atoms with E-state index in [4.69, 9.17) is 4.74 Å². The number of anilines is 1. The van der Waals surface area contributed by atoms with Crippen molar-refractivity contribution in [3.05, 3.63) is 52.6 Å². The Morgan fingerprint density at radius 1 is 1.22 bits per heavy atom. The van der Waals surface area contributed by atoms with Crippen molar-refractivity contribution < 1.29 is 14.6 Å². The van der Waals surface area contributed by atoms with Gasteiger partial charge in [-0.3, -0.25) is 9.69 Å². The summed E-state index contributed by atoms with van der Waals surface area (Å²) >= 11 is 0. The molecule has 144 valence electrons. The topological polar surface area (TPSA) is 61.8 Å². The lowest BCUT2D eigenvalue weighted by Crippen LogP contribution is -2.24. The van der Waals surface area contributed by atoms with Crippen LogP contribution in [0.4, 0.5) is 5.69 Å². The second-order valence-electron chi connectivity index (χ2n) is 7.06. The van der Waals surface area contributed by atoms with Crippen molar-refractivity contribution >= 4 is 11.6 Å². The number of hydrogen-bond acceptors (Lipinski definition) is 4. The van der Waals surface area contributed by atoms with Crippen LogP contribution in [0.1, 0.15) is 48.4 Å². The average molecular weight is 368 g/mol. The molecule has 2 aromatic rings. The van der Waals surface area contributed by atoms with Crippen LogP contribution in [0.5, 0.6) is 11.5 Å². The highest BCUT2D eigenvalue weighted by atomic mass is 16.5. The molecule has 1 heterocycles. The summed E-state index contributed by atoms with van der Waals surface area (Å²) in [6.45, 7) is 8.93. The summed E-state index contributed by atoms with van der Waals surface area (Å²) in [5.74, 6) is 1.01. The van der Waals surface area contributed by atoms with E-state index < -0.39 is 0 Å². The molecule has 27 heavy (non-hydrogen) atoms. The number of phenols is 1. The minimum atomic E-state index is -0.0330. The zero-order valence-corrected chi connectivity index (χ0v) is 16.5. The second-order valence-corrected chi connectivity index (χ2v) is 7.06. The van der Waals surface area contributed by atoms with Gasteiger partial charge in [0, 0.05) is 36.2 Å². The summed E-state index contributed by atoms with van der Waals surface area (Å²) in [4.78, 5) is 14.6. The third-order valence-electron chi connectivity index (χ3n) is 5.40. The highest BCUT2D eigenvalue weighted by molar-refractivity contribution is 5.95. The molecule has 3 rings (SSSR count). The van der Waals surface area contributed by atoms with Crippen LogP contribution in [0.15, 0.2) is 30.3 Å². The van der Waals surface area contributed by atoms with Gasteiger partial charge in [-0.15, -0.1) is 0 Å². The minimum Gasteiger partial charge on any atom is -0.508 e. The van der Waals surface area contributed by atoms with Crippen LogP contribution in [0, 0.1) is 6.92 Å². The summed E-state index contributed by atoms with van der Waals surface area (Å²) in [5, 5.41) is 12.9. The fraction of sp³-hybridized carbons (Fsp3) is 0.409. The van der Waals surface area contributed by atoms with Gasteiger partial charge in [0.2, 0.25) is 5.91 Å². The third-order valence-corrected chi connectivity index (χ3v) is 5.40. The predicted molar refractivity (Wildman–Crippen MR) is 108 cm³/mol. The number of aryl methyl sites for hydroxylation is 1. The Morgan fingerprint density at radius 2 is 1.96 bits per heavy atom. The number of fused-ring (bicyclic) bond motifs is 1. The molecule has 0 saturated heterocycles. The van der Waals surface area contributed by atoms with Crippen molar-refractivity contribution in [1.29, 1.82) is 0 Å². The fourth-order valence-electron chi connectivity index (χ4n) is 3.74. The monoisotopic (exact) mass is 368 g/mol. The first-order chi connectivity index (χ1) is 13.0. The van der Waals surface area contributed by atoms with Gasteiger partial charge in [-0.25, -0.2) is 0 Å². The van der Waals surface area contributed by atoms with Crippen molar-refractivity contribution in [2.75, 3.05) is 25.5 Å². The summed E-state index contributed by atoms with van der Waals surface area (Å²) < 4.78 is 5.56. The summed E-state index contributed by atoms with van der Waals surface area (Å²) in [6, 6.07) is 9.82. The smallest absolute Gasteiger partial charge is 0.225 e. The van der Waals surface area contributed by atoms with E-state index >= 15 is 0 Å². The Balaban J connectivity index is 2.04. The molecular weight excluding hydrogens is 340 g/mol. The minimum absolute atomic E-state index is 0.0307. The van der Waals surface area contributed by atoms with E-state index in [0.717, 1.165) is 47.6 Å². The summed E-state index contributed by atoms with van der Waals surface area (Å²) in [7, 11) is 1.69. The quantitative estimate of drug-likeness (QED) is 0.808. The summed E-state index contributed by atoms with van der Waals surface area (Å²) in [6.07, 6.45) is 0.397. The molecule has 0 spiro atoms. The van der Waals surface area contributed by atoms with Gasteiger partial charge in [0.1, 0.15) is 11.5 Å². The Hall–Kier alpha value is -2.53. The molecule has 1 aliphatic heterocycles. The Bertz CT molecular complexity index is 844. The molecule has 1 amide bonds. The molecule has 2 aromatic carbocycles. The second kappa shape index (κ2) is 8.01. The molecule has 0 radical (unpaired) electrons. The number of rotatable bonds is 6. The van der Waals surface area contributed by atoms with Gasteiger partial charge in [0.15, 0.2) is 0 Å². The Kier molecular flexibility index (Phi) is 5.71. The van der Waals surface area contributed by atoms with E-state index in [-0.39, 0.29) is 17.6 Å². The molecule has 0 aromatic heterocycles. The molecule has 1 aliphatic rings. The van der Waals surface area contributed by atoms with E-state index in [0.29, 0.717) is 12.1 Å². The highest BCUT2D eigenvalue weighted by Crippen LogP contribution is 2.41. The highest BCUT2D eigenvalue weighted by Gasteiger charge is 2.28. The standard InChI is InChI=1S/C22H28N2O3/c1-5-24(6-2)13-16-10-15(7-8-21(16)27-4)17-11-22(26)23-19-12-20(25)14(3)9-18(17)19/h7-10,12,17,25H,5-6,11,13H2,1-4H3,(H,23,26). The number of nitrogens with one attached hydrogen (secondary N) is 1. The maximum absolute atomic E-state index is 12.3. The van der Waals surface area contributed by atoms with Gasteiger partial charge in [0.25, 0.3) is 0 Å². The van der Waals surface area contributed by atoms with E-state index in [1.807, 2.05) is 25.1 Å². The Labute approximate surface area is 161 Å². The molecule has 5 nitrogen and oxygen atoms in total. The number of hydrogen-bond donors (Lipinski definition) is 2. The van der Waals surface area contributed by atoms with E-state index in [1.165, 1.54) is 0 Å². The lowest BCUT2D eigenvalue weighted by Gasteiger charge is -2.28. The average Bonchev–Trinajstić information content (AvgIpc) is 2.66. The number of ether oxygens (including phenoxy) is 1. The zero-order chi connectivity index (χ0) is 19.6. The largest absolute Gasteiger partial charge is 0.508 e. The number of nitrogens with zero attached hydrogens (tertiary/aromatic N) is 1. The molecule has 2 N–H and O–H groups in total. The summed E-state index contributed by atoms with van der Waals surface area (Å²) in [5.41, 5.74) is 4.77. The van der Waals surface area contributed by atoms with Crippen molar-refractivity contribution in [3.63, 3.8) is 0 Å². The van der Waals surface area contributed by atoms with Crippen LogP contribution in [-0.2, 0) is 11.3 Å². The predicted octanol–water partition coefficient (Wildman–Crippen LogP) is 4.03. The van der Waals surface area contributed by atoms with Crippen LogP contribution in [-0.4, -0.2) is 36.1 Å². The van der Waals surface area contributed by atoms with Gasteiger partial charge in [-0.1, -0.05) is 26.0 Å². The van der Waals surface area contributed by atoms with Gasteiger partial charge in [-0.2, -0.15) is 0 Å². The molecule has 0 fully saturated rings. The van der Waals surface area contributed by atoms with Crippen molar-refractivity contribution in [3.8, 4) is 11.5 Å². The Morgan fingerprint density at radius 3 is 2.63 bits per heavy atom. The van der Waals surface area contributed by atoms with E-state index in [9.17, 15) is 9.90 Å². The van der Waals surface area contributed by atoms with Crippen LogP contribution < -0.4 is 10.1 Å². The number of phenolic OH excluding ortho intramolecular Hbond substituents is 1. The van der Waals surface area contributed by atoms with Crippen LogP contribution in [0.25, 0.3) is 0 Å². The molecule has 5 heteroatoms. The van der Waals surface area contributed by atoms with Gasteiger partial charge in [-0.05, 0) is 48.8 Å². The third kappa shape index (κ3) is 3.93. The number of aromatic hydroxyl groups is 1. The number of carbonyl (C=O) groups excluding carboxylic acids is 1. The van der Waals surface area contributed by atoms with Gasteiger partial charge in [0.05, 0.1) is 7.11 Å². The number of benzene rings is 2. The molecule has 1 unspecified atom stereocenters. The molecule has 0 aliphatic carbocycles. The fourth-order valence-corrected chi connectivity index (χ4v) is 3.74. The SMILES string of the molecule is CCN(CC)Cc1cc(C2CC(=O)Nc3cc(O)c(C)cc32)ccc1OC. The molecule has 1 atom stereocenters. The number of methoxy groups -OCH3 is 1. The molecule has 0 saturated carbocycles. The first-order valence-corrected chi connectivity index (χ1v) is 9.49. The van der Waals surface area contributed by atoms with Crippen LogP contribution in [0.2, 0.25) is 0 Å². The van der Waals surface area contributed by atoms with Crippen LogP contribution >= 0.6 is 0 Å². The van der Waals surface area contributed by atoms with E-state index in [1.54, 1.807) is 13.2 Å². The van der Waals surface area contributed by atoms with E-state index in [2.05, 4.69) is 30.1 Å². The lowest BCUT2D eigenvalue weighted by atomic mass is 9.83. The van der Waals surface area contributed by atoms with Crippen molar-refractivity contribution in [2.45, 2.75) is 39.7 Å².